The summed E-state index contributed by atoms with van der Waals surface area (Å²) < 4.78 is 6.13. The highest BCUT2D eigenvalue weighted by Gasteiger charge is 2.11. The second kappa shape index (κ2) is 6.59. The molecule has 0 atom stereocenters. The van der Waals surface area contributed by atoms with Crippen molar-refractivity contribution < 1.29 is 19.4 Å². The first-order valence-electron chi connectivity index (χ1n) is 5.11. The molecular weight excluding hydrogens is 228 g/mol. The number of amides is 1. The minimum absolute atomic E-state index is 0.0859. The van der Waals surface area contributed by atoms with E-state index in [0.717, 1.165) is 4.68 Å². The Bertz CT molecular complexity index is 390. The van der Waals surface area contributed by atoms with Crippen LogP contribution >= 0.6 is 0 Å². The van der Waals surface area contributed by atoms with Gasteiger partial charge in [0.15, 0.2) is 5.69 Å². The third kappa shape index (κ3) is 4.60. The fourth-order valence-corrected chi connectivity index (χ4v) is 1.09. The van der Waals surface area contributed by atoms with E-state index < -0.39 is 11.9 Å². The van der Waals surface area contributed by atoms with E-state index in [1.165, 1.54) is 6.20 Å². The average Bonchev–Trinajstić information content (AvgIpc) is 2.71. The van der Waals surface area contributed by atoms with Gasteiger partial charge in [0, 0.05) is 13.2 Å². The number of hydrogen-bond donors (Lipinski definition) is 2. The second-order valence-electron chi connectivity index (χ2n) is 3.15. The maximum atomic E-state index is 11.5. The molecular formula is C9H14N4O4. The zero-order chi connectivity index (χ0) is 12.7. The van der Waals surface area contributed by atoms with Crippen molar-refractivity contribution >= 4 is 11.9 Å². The van der Waals surface area contributed by atoms with Crippen LogP contribution in [-0.4, -0.2) is 51.7 Å². The van der Waals surface area contributed by atoms with E-state index in [0.29, 0.717) is 19.8 Å². The quantitative estimate of drug-likeness (QED) is 0.602. The predicted octanol–water partition coefficient (Wildman–Crippen LogP) is -0.871. The maximum Gasteiger partial charge on any atom is 0.325 e. The molecule has 1 aromatic heterocycles. The lowest BCUT2D eigenvalue weighted by atomic mass is 10.4. The van der Waals surface area contributed by atoms with Crippen molar-refractivity contribution in [1.29, 1.82) is 0 Å². The number of aliphatic carboxylic acids is 1. The van der Waals surface area contributed by atoms with E-state index in [-0.39, 0.29) is 12.2 Å². The Balaban J connectivity index is 2.41. The first-order valence-corrected chi connectivity index (χ1v) is 5.11. The zero-order valence-corrected chi connectivity index (χ0v) is 9.42. The summed E-state index contributed by atoms with van der Waals surface area (Å²) in [4.78, 5) is 21.9. The number of ether oxygens (including phenoxy) is 1. The molecule has 0 aliphatic carbocycles. The predicted molar refractivity (Wildman–Crippen MR) is 56.5 cm³/mol. The Morgan fingerprint density at radius 2 is 2.35 bits per heavy atom. The topological polar surface area (TPSA) is 106 Å². The molecule has 94 valence electrons. The Hall–Kier alpha value is -1.96. The number of nitrogens with one attached hydrogen (secondary N) is 1. The largest absolute Gasteiger partial charge is 0.480 e. The first-order chi connectivity index (χ1) is 8.13. The molecule has 0 aliphatic heterocycles. The van der Waals surface area contributed by atoms with Gasteiger partial charge in [-0.2, -0.15) is 0 Å². The van der Waals surface area contributed by atoms with Crippen LogP contribution in [-0.2, 0) is 16.1 Å². The number of carboxylic acids is 1. The third-order valence-electron chi connectivity index (χ3n) is 1.80. The summed E-state index contributed by atoms with van der Waals surface area (Å²) in [6, 6.07) is 0. The molecule has 0 saturated carbocycles. The molecule has 0 aromatic carbocycles. The van der Waals surface area contributed by atoms with Gasteiger partial charge in [-0.25, -0.2) is 4.68 Å². The lowest BCUT2D eigenvalue weighted by Gasteiger charge is -2.02. The second-order valence-corrected chi connectivity index (χ2v) is 3.15. The van der Waals surface area contributed by atoms with Gasteiger partial charge in [-0.05, 0) is 6.92 Å². The van der Waals surface area contributed by atoms with Crippen molar-refractivity contribution in [3.8, 4) is 0 Å². The van der Waals surface area contributed by atoms with Gasteiger partial charge in [0.05, 0.1) is 12.8 Å². The SMILES string of the molecule is CCOCCNC(=O)c1cn(CC(=O)O)nn1. The van der Waals surface area contributed by atoms with Crippen LogP contribution in [0.15, 0.2) is 6.20 Å². The molecule has 1 heterocycles. The van der Waals surface area contributed by atoms with Gasteiger partial charge in [-0.1, -0.05) is 5.21 Å². The van der Waals surface area contributed by atoms with Crippen molar-refractivity contribution in [3.63, 3.8) is 0 Å². The number of carbonyl (C=O) groups is 2. The number of rotatable bonds is 7. The van der Waals surface area contributed by atoms with Crippen molar-refractivity contribution in [2.75, 3.05) is 19.8 Å². The molecule has 8 heteroatoms. The third-order valence-corrected chi connectivity index (χ3v) is 1.80. The summed E-state index contributed by atoms with van der Waals surface area (Å²) in [7, 11) is 0. The summed E-state index contributed by atoms with van der Waals surface area (Å²) in [5, 5.41) is 18.2. The fourth-order valence-electron chi connectivity index (χ4n) is 1.09. The summed E-state index contributed by atoms with van der Waals surface area (Å²) in [6.45, 7) is 2.92. The first kappa shape index (κ1) is 13.1. The summed E-state index contributed by atoms with van der Waals surface area (Å²) in [5.41, 5.74) is 0.0859. The minimum Gasteiger partial charge on any atom is -0.480 e. The van der Waals surface area contributed by atoms with Crippen LogP contribution in [0.3, 0.4) is 0 Å². The highest BCUT2D eigenvalue weighted by Crippen LogP contribution is 1.92. The standard InChI is InChI=1S/C9H14N4O4/c1-2-17-4-3-10-9(16)7-5-13(12-11-7)6-8(14)15/h5H,2-4,6H2,1H3,(H,10,16)(H,14,15). The van der Waals surface area contributed by atoms with Crippen molar-refractivity contribution in [3.05, 3.63) is 11.9 Å². The Morgan fingerprint density at radius 1 is 1.59 bits per heavy atom. The van der Waals surface area contributed by atoms with Gasteiger partial charge in [0.1, 0.15) is 6.54 Å². The molecule has 0 radical (unpaired) electrons. The van der Waals surface area contributed by atoms with Crippen molar-refractivity contribution in [2.24, 2.45) is 0 Å². The van der Waals surface area contributed by atoms with Crippen LogP contribution in [0.25, 0.3) is 0 Å². The number of aromatic nitrogens is 3. The van der Waals surface area contributed by atoms with E-state index in [4.69, 9.17) is 9.84 Å². The van der Waals surface area contributed by atoms with Crippen LogP contribution in [0.5, 0.6) is 0 Å². The zero-order valence-electron chi connectivity index (χ0n) is 9.42. The summed E-state index contributed by atoms with van der Waals surface area (Å²) >= 11 is 0. The van der Waals surface area contributed by atoms with Gasteiger partial charge in [-0.3, -0.25) is 9.59 Å². The van der Waals surface area contributed by atoms with E-state index in [9.17, 15) is 9.59 Å². The number of carboxylic acid groups (broad SMARTS) is 1. The monoisotopic (exact) mass is 242 g/mol. The number of carbonyl (C=O) groups excluding carboxylic acids is 1. The van der Waals surface area contributed by atoms with Crippen LogP contribution in [0.4, 0.5) is 0 Å². The summed E-state index contributed by atoms with van der Waals surface area (Å²) in [5.74, 6) is -1.44. The lowest BCUT2D eigenvalue weighted by molar-refractivity contribution is -0.137. The van der Waals surface area contributed by atoms with Gasteiger partial charge in [0.25, 0.3) is 5.91 Å². The Labute approximate surface area is 97.6 Å². The Morgan fingerprint density at radius 3 is 3.00 bits per heavy atom. The van der Waals surface area contributed by atoms with E-state index in [1.807, 2.05) is 6.92 Å². The molecule has 0 saturated heterocycles. The fraction of sp³-hybridized carbons (Fsp3) is 0.556. The van der Waals surface area contributed by atoms with Crippen LogP contribution in [0, 0.1) is 0 Å². The molecule has 1 rings (SSSR count). The van der Waals surface area contributed by atoms with Gasteiger partial charge >= 0.3 is 5.97 Å². The van der Waals surface area contributed by atoms with Crippen LogP contribution in [0.2, 0.25) is 0 Å². The lowest BCUT2D eigenvalue weighted by Crippen LogP contribution is -2.27. The van der Waals surface area contributed by atoms with Crippen LogP contribution in [0.1, 0.15) is 17.4 Å². The molecule has 0 aliphatic rings. The van der Waals surface area contributed by atoms with E-state index >= 15 is 0 Å². The average molecular weight is 242 g/mol. The van der Waals surface area contributed by atoms with Gasteiger partial charge < -0.3 is 15.2 Å². The highest BCUT2D eigenvalue weighted by atomic mass is 16.5. The molecule has 17 heavy (non-hydrogen) atoms. The van der Waals surface area contributed by atoms with E-state index in [1.54, 1.807) is 0 Å². The molecule has 0 bridgehead atoms. The van der Waals surface area contributed by atoms with Crippen LogP contribution < -0.4 is 5.32 Å². The molecule has 1 amide bonds. The maximum absolute atomic E-state index is 11.5. The molecule has 0 fully saturated rings. The number of hydrogen-bond acceptors (Lipinski definition) is 5. The number of nitrogens with zero attached hydrogens (tertiary/aromatic N) is 3. The normalized spacial score (nSPS) is 10.2. The van der Waals surface area contributed by atoms with Gasteiger partial charge in [0.2, 0.25) is 0 Å². The molecule has 2 N–H and O–H groups in total. The van der Waals surface area contributed by atoms with Crippen molar-refractivity contribution in [1.82, 2.24) is 20.3 Å². The molecule has 0 unspecified atom stereocenters. The molecule has 1 aromatic rings. The minimum atomic E-state index is -1.04. The summed E-state index contributed by atoms with van der Waals surface area (Å²) in [6.07, 6.45) is 1.28. The molecule has 8 nitrogen and oxygen atoms in total. The molecule has 0 spiro atoms. The van der Waals surface area contributed by atoms with E-state index in [2.05, 4.69) is 15.6 Å². The van der Waals surface area contributed by atoms with Gasteiger partial charge in [-0.15, -0.1) is 5.10 Å². The highest BCUT2D eigenvalue weighted by molar-refractivity contribution is 5.91. The smallest absolute Gasteiger partial charge is 0.325 e. The van der Waals surface area contributed by atoms with Crippen molar-refractivity contribution in [2.45, 2.75) is 13.5 Å². The Kier molecular flexibility index (Phi) is 5.08.